The van der Waals surface area contributed by atoms with Crippen molar-refractivity contribution in [2.45, 2.75) is 57.1 Å². The number of nitrogens with zero attached hydrogens (tertiary/aromatic N) is 3. The van der Waals surface area contributed by atoms with Crippen molar-refractivity contribution in [3.05, 3.63) is 129 Å². The number of nitro groups is 1. The number of nitrogens with one attached hydrogen (secondary N) is 1. The number of hydrogen-bond acceptors (Lipinski definition) is 7. The summed E-state index contributed by atoms with van der Waals surface area (Å²) in [5.41, 5.74) is 0.915. The summed E-state index contributed by atoms with van der Waals surface area (Å²) in [6.45, 7) is 4.16. The molecule has 1 N–H and O–H groups in total. The van der Waals surface area contributed by atoms with Gasteiger partial charge in [0, 0.05) is 35.7 Å². The lowest BCUT2D eigenvalue weighted by Crippen LogP contribution is -2.54. The number of halogens is 2. The zero-order valence-corrected chi connectivity index (χ0v) is 29.6. The number of nitro benzene ring substituents is 1. The molecule has 0 aliphatic carbocycles. The molecule has 0 heterocycles. The Kier molecular flexibility index (Phi) is 12.5. The number of rotatable bonds is 15. The maximum Gasteiger partial charge on any atom is 0.273 e. The van der Waals surface area contributed by atoms with Crippen LogP contribution in [0.15, 0.2) is 95.9 Å². The van der Waals surface area contributed by atoms with Crippen molar-refractivity contribution in [1.82, 2.24) is 10.2 Å². The first-order chi connectivity index (χ1) is 23.7. The molecule has 0 bridgehead atoms. The number of anilines is 1. The van der Waals surface area contributed by atoms with E-state index >= 15 is 0 Å². The summed E-state index contributed by atoms with van der Waals surface area (Å²) >= 11 is 6.32. The summed E-state index contributed by atoms with van der Waals surface area (Å²) in [6.07, 6.45) is 0.687. The Balaban J connectivity index is 1.89. The van der Waals surface area contributed by atoms with Crippen molar-refractivity contribution >= 4 is 44.8 Å². The standard InChI is InChI=1S/C36H38ClFN4O7S/c1-5-25(3)39-36(44)33(19-26-9-7-6-8-10-26)40(22-27-12-15-29(38)16-13-27)35(43)23-41(32-20-28(37)14-18-34(32)49-4)50(47,48)30-17-11-24(2)31(21-30)42(45)46/h6-18,20-21,25,33H,5,19,22-23H2,1-4H3,(H,39,44)/t25-,33+/m0/s1. The highest BCUT2D eigenvalue weighted by Gasteiger charge is 2.36. The third-order valence-corrected chi connectivity index (χ3v) is 10.2. The number of hydrogen-bond donors (Lipinski definition) is 1. The topological polar surface area (TPSA) is 139 Å². The monoisotopic (exact) mass is 724 g/mol. The second kappa shape index (κ2) is 16.6. The minimum Gasteiger partial charge on any atom is -0.495 e. The predicted molar refractivity (Wildman–Crippen MR) is 189 cm³/mol. The first-order valence-electron chi connectivity index (χ1n) is 15.7. The number of aryl methyl sites for hydroxylation is 1. The van der Waals surface area contributed by atoms with Crippen LogP contribution in [0.3, 0.4) is 0 Å². The van der Waals surface area contributed by atoms with Crippen LogP contribution >= 0.6 is 11.6 Å². The lowest BCUT2D eigenvalue weighted by molar-refractivity contribution is -0.385. The Morgan fingerprint density at radius 3 is 2.30 bits per heavy atom. The van der Waals surface area contributed by atoms with Crippen molar-refractivity contribution in [2.24, 2.45) is 0 Å². The van der Waals surface area contributed by atoms with Crippen LogP contribution in [0.1, 0.15) is 37.0 Å². The van der Waals surface area contributed by atoms with Crippen molar-refractivity contribution in [3.63, 3.8) is 0 Å². The fraction of sp³-hybridized carbons (Fsp3) is 0.278. The van der Waals surface area contributed by atoms with Crippen molar-refractivity contribution in [3.8, 4) is 5.75 Å². The Morgan fingerprint density at radius 2 is 1.68 bits per heavy atom. The summed E-state index contributed by atoms with van der Waals surface area (Å²) in [6, 6.07) is 20.7. The van der Waals surface area contributed by atoms with Gasteiger partial charge in [0.1, 0.15) is 24.2 Å². The number of sulfonamides is 1. The van der Waals surface area contributed by atoms with E-state index in [2.05, 4.69) is 5.32 Å². The van der Waals surface area contributed by atoms with E-state index in [1.165, 1.54) is 73.5 Å². The SMILES string of the molecule is CC[C@H](C)NC(=O)[C@@H](Cc1ccccc1)N(Cc1ccc(F)cc1)C(=O)CN(c1cc(Cl)ccc1OC)S(=O)(=O)c1ccc(C)c([N+](=O)[O-])c1. The smallest absolute Gasteiger partial charge is 0.273 e. The average molecular weight is 725 g/mol. The van der Waals surface area contributed by atoms with Gasteiger partial charge in [-0.3, -0.25) is 24.0 Å². The molecule has 0 unspecified atom stereocenters. The molecule has 0 saturated carbocycles. The number of carbonyl (C=O) groups is 2. The summed E-state index contributed by atoms with van der Waals surface area (Å²) in [7, 11) is -3.41. The number of amides is 2. The first kappa shape index (κ1) is 37.8. The van der Waals surface area contributed by atoms with Crippen molar-refractivity contribution in [2.75, 3.05) is 18.0 Å². The van der Waals surface area contributed by atoms with Gasteiger partial charge in [0.25, 0.3) is 15.7 Å². The number of carbonyl (C=O) groups excluding carboxylic acids is 2. The largest absolute Gasteiger partial charge is 0.495 e. The van der Waals surface area contributed by atoms with Crippen LogP contribution in [0.4, 0.5) is 15.8 Å². The quantitative estimate of drug-likeness (QED) is 0.110. The van der Waals surface area contributed by atoms with E-state index in [-0.39, 0.29) is 41.0 Å². The van der Waals surface area contributed by atoms with Gasteiger partial charge in [-0.2, -0.15) is 0 Å². The second-order valence-corrected chi connectivity index (χ2v) is 14.0. The Hall–Kier alpha value is -5.01. The molecule has 2 amide bonds. The third-order valence-electron chi connectivity index (χ3n) is 8.19. The van der Waals surface area contributed by atoms with Gasteiger partial charge in [0.15, 0.2) is 0 Å². The van der Waals surface area contributed by atoms with Gasteiger partial charge >= 0.3 is 0 Å². The highest BCUT2D eigenvalue weighted by molar-refractivity contribution is 7.92. The van der Waals surface area contributed by atoms with Crippen LogP contribution in [-0.2, 0) is 32.6 Å². The molecule has 0 aliphatic rings. The highest BCUT2D eigenvalue weighted by Crippen LogP contribution is 2.36. The lowest BCUT2D eigenvalue weighted by Gasteiger charge is -2.34. The van der Waals surface area contributed by atoms with Gasteiger partial charge in [-0.25, -0.2) is 12.8 Å². The minimum absolute atomic E-state index is 0.0489. The molecule has 0 radical (unpaired) electrons. The molecule has 2 atom stereocenters. The number of ether oxygens (including phenoxy) is 1. The summed E-state index contributed by atoms with van der Waals surface area (Å²) in [5.74, 6) is -1.71. The van der Waals surface area contributed by atoms with E-state index in [9.17, 15) is 32.5 Å². The molecule has 0 aromatic heterocycles. The fourth-order valence-electron chi connectivity index (χ4n) is 5.23. The molecule has 14 heteroatoms. The number of methoxy groups -OCH3 is 1. The van der Waals surface area contributed by atoms with Gasteiger partial charge in [-0.1, -0.05) is 67.1 Å². The molecule has 0 fully saturated rings. The van der Waals surface area contributed by atoms with Crippen LogP contribution in [0.2, 0.25) is 5.02 Å². The molecule has 11 nitrogen and oxygen atoms in total. The molecule has 264 valence electrons. The van der Waals surface area contributed by atoms with E-state index < -0.39 is 55.7 Å². The molecular formula is C36H38ClFN4O7S. The van der Waals surface area contributed by atoms with E-state index in [4.69, 9.17) is 16.3 Å². The zero-order valence-electron chi connectivity index (χ0n) is 28.0. The fourth-order valence-corrected chi connectivity index (χ4v) is 6.83. The van der Waals surface area contributed by atoms with Crippen LogP contribution in [0, 0.1) is 22.9 Å². The highest BCUT2D eigenvalue weighted by atomic mass is 35.5. The summed E-state index contributed by atoms with van der Waals surface area (Å²) < 4.78 is 49.0. The van der Waals surface area contributed by atoms with Gasteiger partial charge in [-0.05, 0) is 67.8 Å². The molecule has 50 heavy (non-hydrogen) atoms. The van der Waals surface area contributed by atoms with E-state index in [0.717, 1.165) is 15.9 Å². The number of benzene rings is 4. The van der Waals surface area contributed by atoms with Crippen LogP contribution in [-0.4, -0.2) is 55.8 Å². The first-order valence-corrected chi connectivity index (χ1v) is 17.6. The maximum atomic E-state index is 14.7. The molecular weight excluding hydrogens is 687 g/mol. The predicted octanol–water partition coefficient (Wildman–Crippen LogP) is 6.45. The maximum absolute atomic E-state index is 14.7. The Labute approximate surface area is 295 Å². The zero-order chi connectivity index (χ0) is 36.6. The van der Waals surface area contributed by atoms with Crippen LogP contribution in [0.25, 0.3) is 0 Å². The van der Waals surface area contributed by atoms with Gasteiger partial charge in [-0.15, -0.1) is 0 Å². The van der Waals surface area contributed by atoms with Gasteiger partial charge < -0.3 is 15.0 Å². The Bertz CT molecular complexity index is 1950. The molecule has 4 aromatic carbocycles. The van der Waals surface area contributed by atoms with Crippen molar-refractivity contribution < 1.29 is 32.1 Å². The van der Waals surface area contributed by atoms with Gasteiger partial charge in [0.2, 0.25) is 11.8 Å². The van der Waals surface area contributed by atoms with Crippen molar-refractivity contribution in [1.29, 1.82) is 0 Å². The molecule has 0 aliphatic heterocycles. The van der Waals surface area contributed by atoms with E-state index in [0.29, 0.717) is 12.0 Å². The second-order valence-electron chi connectivity index (χ2n) is 11.7. The lowest BCUT2D eigenvalue weighted by atomic mass is 10.0. The van der Waals surface area contributed by atoms with E-state index in [1.807, 2.05) is 32.0 Å². The van der Waals surface area contributed by atoms with Gasteiger partial charge in [0.05, 0.1) is 22.6 Å². The van der Waals surface area contributed by atoms with Crippen LogP contribution in [0.5, 0.6) is 5.75 Å². The van der Waals surface area contributed by atoms with Crippen LogP contribution < -0.4 is 14.4 Å². The average Bonchev–Trinajstić information content (AvgIpc) is 3.09. The van der Waals surface area contributed by atoms with E-state index in [1.54, 1.807) is 12.1 Å². The third kappa shape index (κ3) is 9.16. The molecule has 0 saturated heterocycles. The normalized spacial score (nSPS) is 12.4. The summed E-state index contributed by atoms with van der Waals surface area (Å²) in [5, 5.41) is 14.8. The molecule has 4 aromatic rings. The molecule has 4 rings (SSSR count). The Morgan fingerprint density at radius 1 is 1.00 bits per heavy atom. The minimum atomic E-state index is -4.72. The summed E-state index contributed by atoms with van der Waals surface area (Å²) in [4.78, 5) is 40.5. The molecule has 0 spiro atoms.